The number of fused-ring (bicyclic) bond motifs is 2. The van der Waals surface area contributed by atoms with E-state index in [0.717, 1.165) is 10.5 Å². The van der Waals surface area contributed by atoms with E-state index in [-0.39, 0.29) is 23.6 Å². The van der Waals surface area contributed by atoms with Crippen molar-refractivity contribution in [3.63, 3.8) is 0 Å². The summed E-state index contributed by atoms with van der Waals surface area (Å²) in [6.45, 7) is 5.10. The average molecular weight is 446 g/mol. The van der Waals surface area contributed by atoms with Crippen LogP contribution in [0.1, 0.15) is 60.2 Å². The van der Waals surface area contributed by atoms with Crippen molar-refractivity contribution >= 4 is 17.8 Å². The van der Waals surface area contributed by atoms with Gasteiger partial charge < -0.3 is 4.90 Å². The predicted octanol–water partition coefficient (Wildman–Crippen LogP) is 4.14. The van der Waals surface area contributed by atoms with Crippen molar-refractivity contribution < 1.29 is 22.8 Å². The fourth-order valence-electron chi connectivity index (χ4n) is 4.18. The van der Waals surface area contributed by atoms with Crippen LogP contribution < -0.4 is 5.32 Å². The molecule has 2 heterocycles. The molecule has 0 saturated heterocycles. The molecule has 9 heteroatoms. The number of carbonyl (C=O) groups is 2. The maximum Gasteiger partial charge on any atom is 0.260 e. The first-order valence-electron chi connectivity index (χ1n) is 10.7. The van der Waals surface area contributed by atoms with Gasteiger partial charge in [-0.2, -0.15) is 0 Å². The summed E-state index contributed by atoms with van der Waals surface area (Å²) in [5.41, 5.74) is -1.59. The highest BCUT2D eigenvalue weighted by Crippen LogP contribution is 2.64. The van der Waals surface area contributed by atoms with E-state index in [4.69, 9.17) is 0 Å². The van der Waals surface area contributed by atoms with Crippen molar-refractivity contribution in [2.45, 2.75) is 57.0 Å². The number of halogens is 3. The summed E-state index contributed by atoms with van der Waals surface area (Å²) >= 11 is 0. The lowest BCUT2D eigenvalue weighted by Gasteiger charge is -2.34. The minimum atomic E-state index is -3.01. The van der Waals surface area contributed by atoms with Crippen molar-refractivity contribution in [3.05, 3.63) is 52.8 Å². The molecule has 170 valence electrons. The highest BCUT2D eigenvalue weighted by molar-refractivity contribution is 6.01. The smallest absolute Gasteiger partial charge is 0.260 e. The van der Waals surface area contributed by atoms with Gasteiger partial charge in [0.25, 0.3) is 11.8 Å². The lowest BCUT2D eigenvalue weighted by molar-refractivity contribution is -0.117. The second-order valence-electron chi connectivity index (χ2n) is 8.48. The minimum absolute atomic E-state index is 0.0734. The first-order valence-corrected chi connectivity index (χ1v) is 10.7. The predicted molar refractivity (Wildman–Crippen MR) is 112 cm³/mol. The molecule has 32 heavy (non-hydrogen) atoms. The fourth-order valence-corrected chi connectivity index (χ4v) is 4.18. The molecule has 2 fully saturated rings. The Labute approximate surface area is 184 Å². The molecule has 2 aromatic rings. The number of alkyl halides is 3. The number of aryl methyl sites for hydroxylation is 1. The van der Waals surface area contributed by atoms with Gasteiger partial charge in [-0.3, -0.25) is 14.9 Å². The minimum Gasteiger partial charge on any atom is -0.328 e. The first kappa shape index (κ1) is 22.2. The highest BCUT2D eigenvalue weighted by Gasteiger charge is 2.74. The Balaban J connectivity index is 0.00000119. The summed E-state index contributed by atoms with van der Waals surface area (Å²) in [4.78, 5) is 34.4. The SMILES string of the molecule is CC.Cc1cnc(NC(=O)CN2CC3(CC3(F)F)c3cc(C4(F)CC4)ccc3C2=O)nc1. The van der Waals surface area contributed by atoms with Gasteiger partial charge in [0.2, 0.25) is 11.9 Å². The summed E-state index contributed by atoms with van der Waals surface area (Å²) in [6.07, 6.45) is 3.34. The van der Waals surface area contributed by atoms with Crippen LogP contribution >= 0.6 is 0 Å². The highest BCUT2D eigenvalue weighted by atomic mass is 19.3. The molecule has 2 amide bonds. The molecule has 1 N–H and O–H groups in total. The molecule has 2 saturated carbocycles. The standard InChI is InChI=1S/C21H19F3N4O2.C2H6/c1-12-7-25-18(26-8-12)27-16(29)9-28-11-19(10-21(19,23)24)15-6-13(20(22)4-5-20)2-3-14(15)17(28)30;1-2/h2-3,6-8H,4-5,9-11H2,1H3,(H,25,26,27,29);1-2H3. The van der Waals surface area contributed by atoms with Crippen LogP contribution in [0.25, 0.3) is 0 Å². The van der Waals surface area contributed by atoms with Crippen molar-refractivity contribution in [2.75, 3.05) is 18.4 Å². The monoisotopic (exact) mass is 446 g/mol. The zero-order valence-corrected chi connectivity index (χ0v) is 18.2. The summed E-state index contributed by atoms with van der Waals surface area (Å²) in [5.74, 6) is -4.03. The van der Waals surface area contributed by atoms with E-state index in [0.29, 0.717) is 18.4 Å². The Morgan fingerprint density at radius 3 is 2.34 bits per heavy atom. The third kappa shape index (κ3) is 3.63. The van der Waals surface area contributed by atoms with Gasteiger partial charge >= 0.3 is 0 Å². The van der Waals surface area contributed by atoms with Crippen molar-refractivity contribution in [1.82, 2.24) is 14.9 Å². The number of aromatic nitrogens is 2. The van der Waals surface area contributed by atoms with E-state index in [9.17, 15) is 22.8 Å². The van der Waals surface area contributed by atoms with Crippen LogP contribution in [-0.4, -0.2) is 45.7 Å². The molecule has 1 spiro atoms. The van der Waals surface area contributed by atoms with Crippen LogP contribution in [0.2, 0.25) is 0 Å². The Morgan fingerprint density at radius 1 is 1.16 bits per heavy atom. The summed E-state index contributed by atoms with van der Waals surface area (Å²) < 4.78 is 43.4. The number of hydrogen-bond acceptors (Lipinski definition) is 4. The normalized spacial score (nSPS) is 23.7. The third-order valence-electron chi connectivity index (χ3n) is 6.19. The molecule has 1 atom stereocenters. The second kappa shape index (κ2) is 7.56. The Morgan fingerprint density at radius 2 is 1.78 bits per heavy atom. The van der Waals surface area contributed by atoms with Crippen LogP contribution in [0.4, 0.5) is 19.1 Å². The van der Waals surface area contributed by atoms with E-state index < -0.39 is 41.8 Å². The number of nitrogens with zero attached hydrogens (tertiary/aromatic N) is 3. The van der Waals surface area contributed by atoms with Crippen molar-refractivity contribution in [3.8, 4) is 0 Å². The number of benzene rings is 1. The van der Waals surface area contributed by atoms with E-state index in [1.807, 2.05) is 13.8 Å². The topological polar surface area (TPSA) is 75.2 Å². The van der Waals surface area contributed by atoms with Crippen LogP contribution in [0.3, 0.4) is 0 Å². The first-order chi connectivity index (χ1) is 15.1. The van der Waals surface area contributed by atoms with Gasteiger partial charge in [-0.25, -0.2) is 23.1 Å². The maximum atomic E-state index is 14.5. The maximum absolute atomic E-state index is 14.5. The zero-order valence-electron chi connectivity index (χ0n) is 18.2. The van der Waals surface area contributed by atoms with Gasteiger partial charge in [-0.15, -0.1) is 0 Å². The fraction of sp³-hybridized carbons (Fsp3) is 0.478. The molecule has 5 rings (SSSR count). The number of anilines is 1. The van der Waals surface area contributed by atoms with E-state index in [1.54, 1.807) is 6.92 Å². The molecule has 6 nitrogen and oxygen atoms in total. The van der Waals surface area contributed by atoms with Crippen LogP contribution in [0.15, 0.2) is 30.6 Å². The van der Waals surface area contributed by atoms with Crippen LogP contribution in [0.5, 0.6) is 0 Å². The summed E-state index contributed by atoms with van der Waals surface area (Å²) in [5, 5.41) is 2.47. The molecule has 1 aromatic carbocycles. The number of carbonyl (C=O) groups excluding carboxylic acids is 2. The lowest BCUT2D eigenvalue weighted by atomic mass is 9.84. The van der Waals surface area contributed by atoms with Crippen molar-refractivity contribution in [2.24, 2.45) is 0 Å². The summed E-state index contributed by atoms with van der Waals surface area (Å²) in [7, 11) is 0. The van der Waals surface area contributed by atoms with Gasteiger partial charge in [-0.05, 0) is 42.5 Å². The van der Waals surface area contributed by atoms with Gasteiger partial charge in [0, 0.05) is 30.9 Å². The largest absolute Gasteiger partial charge is 0.328 e. The molecule has 2 aliphatic carbocycles. The van der Waals surface area contributed by atoms with Gasteiger partial charge in [-0.1, -0.05) is 26.0 Å². The molecule has 1 unspecified atom stereocenters. The summed E-state index contributed by atoms with van der Waals surface area (Å²) in [6, 6.07) is 4.33. The number of nitrogens with one attached hydrogen (secondary N) is 1. The van der Waals surface area contributed by atoms with E-state index in [2.05, 4.69) is 15.3 Å². The molecule has 1 aromatic heterocycles. The van der Waals surface area contributed by atoms with Gasteiger partial charge in [0.1, 0.15) is 12.2 Å². The van der Waals surface area contributed by atoms with Crippen molar-refractivity contribution in [1.29, 1.82) is 0 Å². The average Bonchev–Trinajstić information content (AvgIpc) is 3.64. The third-order valence-corrected chi connectivity index (χ3v) is 6.19. The number of rotatable bonds is 4. The molecule has 0 bridgehead atoms. The molecular formula is C23H25F3N4O2. The molecule has 3 aliphatic rings. The lowest BCUT2D eigenvalue weighted by Crippen LogP contribution is -2.48. The number of amides is 2. The van der Waals surface area contributed by atoms with Crippen LogP contribution in [0, 0.1) is 6.92 Å². The Kier molecular flexibility index (Phi) is 5.26. The number of hydrogen-bond donors (Lipinski definition) is 1. The van der Waals surface area contributed by atoms with Crippen LogP contribution in [-0.2, 0) is 15.9 Å². The second-order valence-corrected chi connectivity index (χ2v) is 8.48. The quantitative estimate of drug-likeness (QED) is 0.766. The van der Waals surface area contributed by atoms with E-state index in [1.165, 1.54) is 30.6 Å². The Hall–Kier alpha value is -2.97. The zero-order chi connectivity index (χ0) is 23.3. The molecular weight excluding hydrogens is 421 g/mol. The van der Waals surface area contributed by atoms with E-state index >= 15 is 0 Å². The molecule has 1 aliphatic heterocycles. The van der Waals surface area contributed by atoms with Gasteiger partial charge in [0.05, 0.1) is 5.41 Å². The molecule has 0 radical (unpaired) electrons. The Bertz CT molecular complexity index is 1070. The van der Waals surface area contributed by atoms with Gasteiger partial charge in [0.15, 0.2) is 0 Å².